The molecule has 0 fully saturated rings. The molecule has 1 aromatic rings. The smallest absolute Gasteiger partial charge is 0.232 e. The quantitative estimate of drug-likeness (QED) is 0.638. The van der Waals surface area contributed by atoms with E-state index < -0.39 is 9.05 Å². The number of benzene rings is 1. The maximum atomic E-state index is 11.2. The van der Waals surface area contributed by atoms with E-state index in [-0.39, 0.29) is 18.3 Å². The molecule has 1 atom stereocenters. The Kier molecular flexibility index (Phi) is 7.12. The maximum absolute atomic E-state index is 11.2. The Morgan fingerprint density at radius 1 is 1.40 bits per heavy atom. The predicted molar refractivity (Wildman–Crippen MR) is 84.2 cm³/mol. The molecule has 0 spiro atoms. The lowest BCUT2D eigenvalue weighted by atomic mass is 10.1. The number of methoxy groups -OCH3 is 1. The first kappa shape index (κ1) is 17.6. The van der Waals surface area contributed by atoms with Crippen LogP contribution in [-0.2, 0) is 9.05 Å². The van der Waals surface area contributed by atoms with Crippen LogP contribution in [0.5, 0.6) is 11.5 Å². The van der Waals surface area contributed by atoms with E-state index in [4.69, 9.17) is 20.2 Å². The van der Waals surface area contributed by atoms with Crippen molar-refractivity contribution >= 4 is 35.7 Å². The van der Waals surface area contributed by atoms with Crippen LogP contribution in [0, 0.1) is 5.92 Å². The predicted octanol–water partition coefficient (Wildman–Crippen LogP) is 3.82. The van der Waals surface area contributed by atoms with Crippen molar-refractivity contribution in [3.8, 4) is 11.5 Å². The van der Waals surface area contributed by atoms with E-state index >= 15 is 0 Å². The third-order valence-corrected chi connectivity index (χ3v) is 4.62. The van der Waals surface area contributed by atoms with Crippen molar-refractivity contribution in [3.05, 3.63) is 22.7 Å². The van der Waals surface area contributed by atoms with Gasteiger partial charge in [-0.2, -0.15) is 0 Å². The Bertz CT molecular complexity index is 533. The van der Waals surface area contributed by atoms with Crippen LogP contribution in [0.3, 0.4) is 0 Å². The van der Waals surface area contributed by atoms with Gasteiger partial charge in [-0.3, -0.25) is 0 Å². The first-order chi connectivity index (χ1) is 9.37. The van der Waals surface area contributed by atoms with E-state index in [0.29, 0.717) is 11.5 Å². The highest BCUT2D eigenvalue weighted by molar-refractivity contribution is 9.10. The number of hydrogen-bond donors (Lipinski definition) is 0. The minimum Gasteiger partial charge on any atom is -0.493 e. The lowest BCUT2D eigenvalue weighted by Crippen LogP contribution is -2.20. The van der Waals surface area contributed by atoms with Gasteiger partial charge in [0.1, 0.15) is 0 Å². The molecule has 7 heteroatoms. The summed E-state index contributed by atoms with van der Waals surface area (Å²) in [6, 6.07) is 5.46. The Morgan fingerprint density at radius 3 is 2.65 bits per heavy atom. The fourth-order valence-electron chi connectivity index (χ4n) is 1.90. The van der Waals surface area contributed by atoms with Gasteiger partial charge in [-0.25, -0.2) is 8.42 Å². The average Bonchev–Trinajstić information content (AvgIpc) is 2.35. The largest absolute Gasteiger partial charge is 0.493 e. The summed E-state index contributed by atoms with van der Waals surface area (Å²) >= 11 is 3.39. The van der Waals surface area contributed by atoms with Crippen molar-refractivity contribution in [1.29, 1.82) is 0 Å². The van der Waals surface area contributed by atoms with Crippen LogP contribution in [0.4, 0.5) is 0 Å². The van der Waals surface area contributed by atoms with Crippen molar-refractivity contribution in [3.63, 3.8) is 0 Å². The molecule has 4 nitrogen and oxygen atoms in total. The Labute approximate surface area is 133 Å². The molecule has 0 bridgehead atoms. The molecule has 0 aliphatic heterocycles. The van der Waals surface area contributed by atoms with Crippen molar-refractivity contribution < 1.29 is 17.9 Å². The lowest BCUT2D eigenvalue weighted by Gasteiger charge is -2.17. The van der Waals surface area contributed by atoms with Crippen LogP contribution in [0.2, 0.25) is 0 Å². The zero-order valence-corrected chi connectivity index (χ0v) is 14.6. The molecule has 0 N–H and O–H groups in total. The summed E-state index contributed by atoms with van der Waals surface area (Å²) in [5.74, 6) is 0.945. The molecular weight excluding hydrogens is 368 g/mol. The highest BCUT2D eigenvalue weighted by Gasteiger charge is 2.19. The van der Waals surface area contributed by atoms with Crippen LogP contribution in [0.25, 0.3) is 0 Å². The summed E-state index contributed by atoms with van der Waals surface area (Å²) in [6.07, 6.45) is 1.60. The molecule has 0 amide bonds. The molecular formula is C13H18BrClO4S. The maximum Gasteiger partial charge on any atom is 0.232 e. The van der Waals surface area contributed by atoms with E-state index in [1.54, 1.807) is 13.2 Å². The van der Waals surface area contributed by atoms with Crippen molar-refractivity contribution in [2.45, 2.75) is 19.8 Å². The number of rotatable bonds is 8. The fraction of sp³-hybridized carbons (Fsp3) is 0.538. The molecule has 0 saturated carbocycles. The zero-order chi connectivity index (χ0) is 15.2. The van der Waals surface area contributed by atoms with Crippen LogP contribution in [0.15, 0.2) is 22.7 Å². The Morgan fingerprint density at radius 2 is 2.10 bits per heavy atom. The van der Waals surface area contributed by atoms with Crippen LogP contribution in [-0.4, -0.2) is 27.9 Å². The van der Waals surface area contributed by atoms with Crippen molar-refractivity contribution in [2.24, 2.45) is 5.92 Å². The second-order valence-corrected chi connectivity index (χ2v) is 8.12. The van der Waals surface area contributed by atoms with Gasteiger partial charge in [-0.1, -0.05) is 19.4 Å². The molecule has 20 heavy (non-hydrogen) atoms. The van der Waals surface area contributed by atoms with Crippen molar-refractivity contribution in [1.82, 2.24) is 0 Å². The van der Waals surface area contributed by atoms with Gasteiger partial charge < -0.3 is 9.47 Å². The number of ether oxygens (including phenoxy) is 2. The van der Waals surface area contributed by atoms with E-state index in [1.807, 2.05) is 19.1 Å². The molecule has 0 aliphatic rings. The van der Waals surface area contributed by atoms with Gasteiger partial charge in [-0.05, 0) is 34.5 Å². The number of halogens is 2. The normalized spacial score (nSPS) is 13.0. The number of hydrogen-bond acceptors (Lipinski definition) is 4. The van der Waals surface area contributed by atoms with Gasteiger partial charge in [-0.15, -0.1) is 0 Å². The second kappa shape index (κ2) is 8.10. The van der Waals surface area contributed by atoms with Gasteiger partial charge in [0.05, 0.1) is 23.9 Å². The van der Waals surface area contributed by atoms with Gasteiger partial charge in [0, 0.05) is 16.6 Å². The van der Waals surface area contributed by atoms with E-state index in [1.165, 1.54) is 0 Å². The summed E-state index contributed by atoms with van der Waals surface area (Å²) in [5, 5.41) is 0. The number of para-hydroxylation sites is 1. The van der Waals surface area contributed by atoms with E-state index in [0.717, 1.165) is 17.3 Å². The molecule has 1 aromatic carbocycles. The molecule has 0 aliphatic carbocycles. The third-order valence-electron chi connectivity index (χ3n) is 2.75. The first-order valence-electron chi connectivity index (χ1n) is 6.25. The van der Waals surface area contributed by atoms with E-state index in [9.17, 15) is 8.42 Å². The van der Waals surface area contributed by atoms with Gasteiger partial charge in [0.25, 0.3) is 0 Å². The standard InChI is InChI=1S/C13H18BrClO4S/c1-3-5-10(9-20(15,16)17)8-19-13-11(14)6-4-7-12(13)18-2/h4,6-7,10H,3,5,8-9H2,1-2H3. The zero-order valence-electron chi connectivity index (χ0n) is 11.4. The summed E-state index contributed by atoms with van der Waals surface area (Å²) in [4.78, 5) is 0. The van der Waals surface area contributed by atoms with Gasteiger partial charge in [0.2, 0.25) is 9.05 Å². The molecule has 114 valence electrons. The summed E-state index contributed by atoms with van der Waals surface area (Å²) in [6.45, 7) is 2.27. The van der Waals surface area contributed by atoms with Crippen molar-refractivity contribution in [2.75, 3.05) is 19.5 Å². The fourth-order valence-corrected chi connectivity index (χ4v) is 3.72. The van der Waals surface area contributed by atoms with Gasteiger partial charge >= 0.3 is 0 Å². The molecule has 1 unspecified atom stereocenters. The SMILES string of the molecule is CCCC(COc1c(Br)cccc1OC)CS(=O)(=O)Cl. The average molecular weight is 386 g/mol. The molecule has 1 rings (SSSR count). The Hall–Kier alpha value is -0.460. The highest BCUT2D eigenvalue weighted by Crippen LogP contribution is 2.35. The van der Waals surface area contributed by atoms with Crippen LogP contribution in [0.1, 0.15) is 19.8 Å². The van der Waals surface area contributed by atoms with Crippen LogP contribution >= 0.6 is 26.6 Å². The van der Waals surface area contributed by atoms with Crippen LogP contribution < -0.4 is 9.47 Å². The minimum atomic E-state index is -3.53. The Balaban J connectivity index is 2.77. The molecule has 0 aromatic heterocycles. The van der Waals surface area contributed by atoms with Gasteiger partial charge in [0.15, 0.2) is 11.5 Å². The minimum absolute atomic E-state index is 0.0881. The third kappa shape index (κ3) is 5.89. The first-order valence-corrected chi connectivity index (χ1v) is 9.52. The monoisotopic (exact) mass is 384 g/mol. The summed E-state index contributed by atoms with van der Waals surface area (Å²) in [7, 11) is 3.35. The van der Waals surface area contributed by atoms with E-state index in [2.05, 4.69) is 15.9 Å². The second-order valence-electron chi connectivity index (χ2n) is 4.44. The lowest BCUT2D eigenvalue weighted by molar-refractivity contribution is 0.240. The summed E-state index contributed by atoms with van der Waals surface area (Å²) in [5.41, 5.74) is 0. The molecule has 0 heterocycles. The highest BCUT2D eigenvalue weighted by atomic mass is 79.9. The topological polar surface area (TPSA) is 52.6 Å². The molecule has 0 saturated heterocycles. The molecule has 0 radical (unpaired) electrons. The summed E-state index contributed by atoms with van der Waals surface area (Å²) < 4.78 is 34.1.